The number of carbonyl (C=O) groups is 2. The Labute approximate surface area is 149 Å². The average molecular weight is 354 g/mol. The fourth-order valence-corrected chi connectivity index (χ4v) is 2.97. The molecule has 0 spiro atoms. The van der Waals surface area contributed by atoms with E-state index in [0.29, 0.717) is 22.7 Å². The first-order chi connectivity index (χ1) is 12.1. The lowest BCUT2D eigenvalue weighted by Crippen LogP contribution is -2.35. The first kappa shape index (κ1) is 16.9. The summed E-state index contributed by atoms with van der Waals surface area (Å²) in [5.41, 5.74) is 1.20. The molecule has 3 aromatic rings. The fourth-order valence-electron chi connectivity index (χ4n) is 2.35. The first-order valence-electron chi connectivity index (χ1n) is 7.85. The average Bonchev–Trinajstić information content (AvgIpc) is 3.29. The van der Waals surface area contributed by atoms with Crippen LogP contribution in [-0.4, -0.2) is 27.6 Å². The van der Waals surface area contributed by atoms with E-state index in [0.717, 1.165) is 0 Å². The van der Waals surface area contributed by atoms with E-state index in [1.165, 1.54) is 11.3 Å². The van der Waals surface area contributed by atoms with Gasteiger partial charge in [-0.1, -0.05) is 6.07 Å². The smallest absolute Gasteiger partial charge is 0.265 e. The molecule has 1 atom stereocenters. The molecule has 0 radical (unpaired) electrons. The number of carbonyl (C=O) groups excluding carboxylic acids is 2. The van der Waals surface area contributed by atoms with Gasteiger partial charge in [0.05, 0.1) is 11.4 Å². The second-order valence-corrected chi connectivity index (χ2v) is 6.56. The van der Waals surface area contributed by atoms with E-state index in [2.05, 4.69) is 15.7 Å². The Bertz CT molecular complexity index is 827. The molecule has 0 aliphatic rings. The van der Waals surface area contributed by atoms with Gasteiger partial charge < -0.3 is 10.6 Å². The Morgan fingerprint density at radius 1 is 1.16 bits per heavy atom. The van der Waals surface area contributed by atoms with Gasteiger partial charge in [0.15, 0.2) is 0 Å². The van der Waals surface area contributed by atoms with E-state index in [1.807, 2.05) is 30.6 Å². The van der Waals surface area contributed by atoms with Crippen LogP contribution in [0.3, 0.4) is 0 Å². The summed E-state index contributed by atoms with van der Waals surface area (Å²) < 4.78 is 1.77. The first-order valence-corrected chi connectivity index (χ1v) is 8.73. The predicted molar refractivity (Wildman–Crippen MR) is 97.9 cm³/mol. The van der Waals surface area contributed by atoms with E-state index < -0.39 is 0 Å². The maximum atomic E-state index is 12.3. The van der Waals surface area contributed by atoms with Crippen molar-refractivity contribution >= 4 is 28.8 Å². The van der Waals surface area contributed by atoms with Gasteiger partial charge in [0.25, 0.3) is 11.8 Å². The highest BCUT2D eigenvalue weighted by molar-refractivity contribution is 7.12. The molecule has 0 aliphatic heterocycles. The molecule has 2 amide bonds. The Morgan fingerprint density at radius 3 is 2.60 bits per heavy atom. The third kappa shape index (κ3) is 4.54. The maximum Gasteiger partial charge on any atom is 0.265 e. The predicted octanol–water partition coefficient (Wildman–Crippen LogP) is 3.02. The van der Waals surface area contributed by atoms with Crippen LogP contribution in [0.5, 0.6) is 0 Å². The number of hydrogen-bond acceptors (Lipinski definition) is 4. The van der Waals surface area contributed by atoms with Crippen molar-refractivity contribution in [2.45, 2.75) is 19.5 Å². The molecule has 0 saturated carbocycles. The van der Waals surface area contributed by atoms with Crippen LogP contribution in [-0.2, 0) is 6.54 Å². The zero-order chi connectivity index (χ0) is 17.6. The van der Waals surface area contributed by atoms with E-state index in [4.69, 9.17) is 0 Å². The second kappa shape index (κ2) is 7.76. The molecule has 128 valence electrons. The van der Waals surface area contributed by atoms with Gasteiger partial charge in [-0.05, 0) is 48.7 Å². The standard InChI is InChI=1S/C18H18N4O2S/c1-13(12-22-10-3-9-19-22)20-17(23)14-5-7-15(8-6-14)21-18(24)16-4-2-11-25-16/h2-11,13H,12H2,1H3,(H,20,23)(H,21,24)/t13-/m0/s1. The van der Waals surface area contributed by atoms with Gasteiger partial charge in [0.1, 0.15) is 0 Å². The van der Waals surface area contributed by atoms with Crippen LogP contribution in [0.15, 0.2) is 60.2 Å². The summed E-state index contributed by atoms with van der Waals surface area (Å²) in [6.45, 7) is 2.53. The molecule has 2 N–H and O–H groups in total. The van der Waals surface area contributed by atoms with Gasteiger partial charge in [-0.15, -0.1) is 11.3 Å². The SMILES string of the molecule is C[C@@H](Cn1cccn1)NC(=O)c1ccc(NC(=O)c2cccs2)cc1. The minimum absolute atomic E-state index is 0.0504. The van der Waals surface area contributed by atoms with Gasteiger partial charge in [-0.3, -0.25) is 14.3 Å². The molecule has 7 heteroatoms. The number of thiophene rings is 1. The van der Waals surface area contributed by atoms with Gasteiger partial charge in [-0.2, -0.15) is 5.10 Å². The van der Waals surface area contributed by atoms with Crippen molar-refractivity contribution in [3.63, 3.8) is 0 Å². The molecule has 0 saturated heterocycles. The molecular formula is C18H18N4O2S. The molecular weight excluding hydrogens is 336 g/mol. The van der Waals surface area contributed by atoms with Crippen molar-refractivity contribution in [3.8, 4) is 0 Å². The van der Waals surface area contributed by atoms with Gasteiger partial charge in [-0.25, -0.2) is 0 Å². The van der Waals surface area contributed by atoms with Crippen LogP contribution in [0.25, 0.3) is 0 Å². The highest BCUT2D eigenvalue weighted by Gasteiger charge is 2.11. The van der Waals surface area contributed by atoms with Crippen LogP contribution in [0.4, 0.5) is 5.69 Å². The Morgan fingerprint density at radius 2 is 1.96 bits per heavy atom. The van der Waals surface area contributed by atoms with Crippen LogP contribution in [0, 0.1) is 0 Å². The number of anilines is 1. The van der Waals surface area contributed by atoms with Crippen LogP contribution in [0.1, 0.15) is 27.0 Å². The fraction of sp³-hybridized carbons (Fsp3) is 0.167. The lowest BCUT2D eigenvalue weighted by atomic mass is 10.2. The number of aromatic nitrogens is 2. The largest absolute Gasteiger partial charge is 0.348 e. The summed E-state index contributed by atoms with van der Waals surface area (Å²) in [6.07, 6.45) is 3.56. The van der Waals surface area contributed by atoms with Crippen LogP contribution in [0.2, 0.25) is 0 Å². The summed E-state index contributed by atoms with van der Waals surface area (Å²) >= 11 is 1.38. The summed E-state index contributed by atoms with van der Waals surface area (Å²) in [5.74, 6) is -0.309. The zero-order valence-electron chi connectivity index (χ0n) is 13.7. The van der Waals surface area contributed by atoms with Crippen molar-refractivity contribution in [1.82, 2.24) is 15.1 Å². The van der Waals surface area contributed by atoms with Crippen molar-refractivity contribution in [2.75, 3.05) is 5.32 Å². The minimum Gasteiger partial charge on any atom is -0.348 e. The number of amides is 2. The number of benzene rings is 1. The van der Waals surface area contributed by atoms with Crippen molar-refractivity contribution in [2.24, 2.45) is 0 Å². The Kier molecular flexibility index (Phi) is 5.25. The van der Waals surface area contributed by atoms with E-state index in [1.54, 1.807) is 41.2 Å². The molecule has 3 rings (SSSR count). The molecule has 1 aromatic carbocycles. The summed E-state index contributed by atoms with van der Waals surface area (Å²) in [4.78, 5) is 24.9. The molecule has 2 heterocycles. The zero-order valence-corrected chi connectivity index (χ0v) is 14.5. The van der Waals surface area contributed by atoms with Crippen molar-refractivity contribution < 1.29 is 9.59 Å². The summed E-state index contributed by atoms with van der Waals surface area (Å²) in [5, 5.41) is 11.7. The van der Waals surface area contributed by atoms with Crippen molar-refractivity contribution in [1.29, 1.82) is 0 Å². The van der Waals surface area contributed by atoms with Crippen molar-refractivity contribution in [3.05, 3.63) is 70.7 Å². The lowest BCUT2D eigenvalue weighted by molar-refractivity contribution is 0.0935. The Hall–Kier alpha value is -2.93. The molecule has 25 heavy (non-hydrogen) atoms. The third-order valence-corrected chi connectivity index (χ3v) is 4.42. The van der Waals surface area contributed by atoms with Crippen LogP contribution < -0.4 is 10.6 Å². The quantitative estimate of drug-likeness (QED) is 0.714. The molecule has 6 nitrogen and oxygen atoms in total. The molecule has 0 unspecified atom stereocenters. The maximum absolute atomic E-state index is 12.3. The number of hydrogen-bond donors (Lipinski definition) is 2. The lowest BCUT2D eigenvalue weighted by Gasteiger charge is -2.14. The minimum atomic E-state index is -0.157. The topological polar surface area (TPSA) is 76.0 Å². The third-order valence-electron chi connectivity index (χ3n) is 3.55. The molecule has 0 aliphatic carbocycles. The number of nitrogens with one attached hydrogen (secondary N) is 2. The molecule has 2 aromatic heterocycles. The molecule has 0 bridgehead atoms. The summed E-state index contributed by atoms with van der Waals surface area (Å²) in [6, 6.07) is 12.2. The Balaban J connectivity index is 1.56. The van der Waals surface area contributed by atoms with E-state index >= 15 is 0 Å². The van der Waals surface area contributed by atoms with Gasteiger partial charge in [0.2, 0.25) is 0 Å². The van der Waals surface area contributed by atoms with Gasteiger partial charge in [0, 0.05) is 29.7 Å². The molecule has 0 fully saturated rings. The normalized spacial score (nSPS) is 11.7. The van der Waals surface area contributed by atoms with Gasteiger partial charge >= 0.3 is 0 Å². The highest BCUT2D eigenvalue weighted by Crippen LogP contribution is 2.14. The monoisotopic (exact) mass is 354 g/mol. The number of nitrogens with zero attached hydrogens (tertiary/aromatic N) is 2. The van der Waals surface area contributed by atoms with Crippen LogP contribution >= 0.6 is 11.3 Å². The highest BCUT2D eigenvalue weighted by atomic mass is 32.1. The van der Waals surface area contributed by atoms with E-state index in [9.17, 15) is 9.59 Å². The second-order valence-electron chi connectivity index (χ2n) is 5.61. The summed E-state index contributed by atoms with van der Waals surface area (Å²) in [7, 11) is 0. The number of rotatable bonds is 6. The van der Waals surface area contributed by atoms with E-state index in [-0.39, 0.29) is 17.9 Å².